The smallest absolute Gasteiger partial charge is 0.125 e. The molecule has 0 amide bonds. The quantitative estimate of drug-likeness (QED) is 0.898. The van der Waals surface area contributed by atoms with E-state index in [0.29, 0.717) is 0 Å². The minimum absolute atomic E-state index is 0.134. The summed E-state index contributed by atoms with van der Waals surface area (Å²) in [6, 6.07) is 0.761. The fraction of sp³-hybridized carbons (Fsp3) is 0.800. The monoisotopic (exact) mass is 280 g/mol. The second kappa shape index (κ2) is 5.51. The van der Waals surface area contributed by atoms with Gasteiger partial charge in [0.15, 0.2) is 0 Å². The molecule has 1 unspecified atom stereocenters. The molecule has 3 rings (SSSR count). The molecule has 4 heteroatoms. The summed E-state index contributed by atoms with van der Waals surface area (Å²) in [6.07, 6.45) is 7.26. The molecule has 1 aromatic heterocycles. The molecule has 1 aliphatic heterocycles. The Bertz CT molecular complexity index is 433. The highest BCUT2D eigenvalue weighted by molar-refractivity contribution is 7.11. The summed E-state index contributed by atoms with van der Waals surface area (Å²) in [5, 5.41) is 4.80. The molecule has 2 heterocycles. The third kappa shape index (κ3) is 3.01. The molecule has 106 valence electrons. The highest BCUT2D eigenvalue weighted by Crippen LogP contribution is 2.38. The van der Waals surface area contributed by atoms with Crippen LogP contribution in [-0.2, 0) is 23.3 Å². The molecule has 0 spiro atoms. The molecule has 0 aromatic carbocycles. The van der Waals surface area contributed by atoms with E-state index in [1.807, 2.05) is 11.3 Å². The predicted octanol–water partition coefficient (Wildman–Crippen LogP) is 3.37. The maximum Gasteiger partial charge on any atom is 0.125 e. The Balaban J connectivity index is 1.76. The summed E-state index contributed by atoms with van der Waals surface area (Å²) < 4.78 is 6.03. The van der Waals surface area contributed by atoms with Gasteiger partial charge in [0, 0.05) is 24.1 Å². The lowest BCUT2D eigenvalue weighted by molar-refractivity contribution is -0.0702. The molecule has 19 heavy (non-hydrogen) atoms. The topological polar surface area (TPSA) is 34.1 Å². The number of thiazole rings is 1. The van der Waals surface area contributed by atoms with Crippen LogP contribution in [0.15, 0.2) is 0 Å². The van der Waals surface area contributed by atoms with Crippen LogP contribution in [0.4, 0.5) is 0 Å². The molecular formula is C15H24N2OS. The van der Waals surface area contributed by atoms with Crippen molar-refractivity contribution >= 4 is 11.3 Å². The molecule has 1 saturated carbocycles. The van der Waals surface area contributed by atoms with Crippen LogP contribution < -0.4 is 5.32 Å². The number of aryl methyl sites for hydroxylation is 1. The van der Waals surface area contributed by atoms with Crippen molar-refractivity contribution in [2.75, 3.05) is 6.61 Å². The molecule has 1 atom stereocenters. The molecule has 2 fully saturated rings. The number of ether oxygens (including phenoxy) is 1. The van der Waals surface area contributed by atoms with Crippen LogP contribution >= 0.6 is 11.3 Å². The van der Waals surface area contributed by atoms with Crippen LogP contribution in [0.25, 0.3) is 0 Å². The first-order chi connectivity index (χ1) is 9.21. The molecule has 0 bridgehead atoms. The van der Waals surface area contributed by atoms with E-state index in [9.17, 15) is 0 Å². The van der Waals surface area contributed by atoms with Gasteiger partial charge in [0.1, 0.15) is 10.6 Å². The van der Waals surface area contributed by atoms with Crippen LogP contribution in [0, 0.1) is 0 Å². The van der Waals surface area contributed by atoms with E-state index in [1.54, 1.807) is 0 Å². The SMILES string of the molecule is CCc1nc(C2(C)CCCCO2)sc1CNC1CC1. The second-order valence-electron chi connectivity index (χ2n) is 5.93. The average Bonchev–Trinajstić information content (AvgIpc) is 3.15. The zero-order valence-corrected chi connectivity index (χ0v) is 12.8. The van der Waals surface area contributed by atoms with Crippen LogP contribution in [0.2, 0.25) is 0 Å². The molecule has 2 aliphatic rings. The van der Waals surface area contributed by atoms with E-state index >= 15 is 0 Å². The molecule has 1 N–H and O–H groups in total. The van der Waals surface area contributed by atoms with Gasteiger partial charge in [0.25, 0.3) is 0 Å². The first-order valence-electron chi connectivity index (χ1n) is 7.57. The van der Waals surface area contributed by atoms with Crippen LogP contribution in [-0.4, -0.2) is 17.6 Å². The van der Waals surface area contributed by atoms with Crippen LogP contribution in [0.1, 0.15) is 61.5 Å². The van der Waals surface area contributed by atoms with Crippen molar-refractivity contribution in [3.63, 3.8) is 0 Å². The van der Waals surface area contributed by atoms with Gasteiger partial charge in [-0.1, -0.05) is 6.92 Å². The first-order valence-corrected chi connectivity index (χ1v) is 8.39. The van der Waals surface area contributed by atoms with Crippen LogP contribution in [0.5, 0.6) is 0 Å². The maximum atomic E-state index is 6.03. The fourth-order valence-corrected chi connectivity index (χ4v) is 3.88. The number of nitrogens with one attached hydrogen (secondary N) is 1. The number of rotatable bonds is 5. The largest absolute Gasteiger partial charge is 0.368 e. The zero-order chi connectivity index (χ0) is 13.3. The van der Waals surface area contributed by atoms with Crippen molar-refractivity contribution in [3.8, 4) is 0 Å². The van der Waals surface area contributed by atoms with E-state index in [1.165, 1.54) is 41.3 Å². The van der Waals surface area contributed by atoms with Gasteiger partial charge in [-0.05, 0) is 45.4 Å². The molecule has 1 saturated heterocycles. The highest BCUT2D eigenvalue weighted by atomic mass is 32.1. The minimum atomic E-state index is -0.134. The average molecular weight is 280 g/mol. The van der Waals surface area contributed by atoms with E-state index in [4.69, 9.17) is 9.72 Å². The molecule has 1 aromatic rings. The number of hydrogen-bond donors (Lipinski definition) is 1. The Labute approximate surface area is 119 Å². The minimum Gasteiger partial charge on any atom is -0.368 e. The lowest BCUT2D eigenvalue weighted by atomic mass is 9.97. The Hall–Kier alpha value is -0.450. The summed E-state index contributed by atoms with van der Waals surface area (Å²) in [6.45, 7) is 6.28. The lowest BCUT2D eigenvalue weighted by Crippen LogP contribution is -2.30. The van der Waals surface area contributed by atoms with Crippen LogP contribution in [0.3, 0.4) is 0 Å². The Morgan fingerprint density at radius 3 is 2.89 bits per heavy atom. The highest BCUT2D eigenvalue weighted by Gasteiger charge is 2.34. The predicted molar refractivity (Wildman–Crippen MR) is 78.5 cm³/mol. The van der Waals surface area contributed by atoms with Crippen molar-refractivity contribution in [1.29, 1.82) is 0 Å². The number of nitrogens with zero attached hydrogens (tertiary/aromatic N) is 1. The summed E-state index contributed by atoms with van der Waals surface area (Å²) in [5.41, 5.74) is 1.13. The van der Waals surface area contributed by atoms with Gasteiger partial charge in [-0.2, -0.15) is 0 Å². The molecule has 3 nitrogen and oxygen atoms in total. The Morgan fingerprint density at radius 1 is 1.42 bits per heavy atom. The van der Waals surface area contributed by atoms with E-state index < -0.39 is 0 Å². The summed E-state index contributed by atoms with van der Waals surface area (Å²) in [7, 11) is 0. The Kier molecular flexibility index (Phi) is 3.92. The van der Waals surface area contributed by atoms with Crippen molar-refractivity contribution in [3.05, 3.63) is 15.6 Å². The van der Waals surface area contributed by atoms with Gasteiger partial charge < -0.3 is 10.1 Å². The number of hydrogen-bond acceptors (Lipinski definition) is 4. The molecule has 1 aliphatic carbocycles. The van der Waals surface area contributed by atoms with Crippen molar-refractivity contribution in [2.24, 2.45) is 0 Å². The van der Waals surface area contributed by atoms with E-state index in [0.717, 1.165) is 32.0 Å². The lowest BCUT2D eigenvalue weighted by Gasteiger charge is -2.31. The summed E-state index contributed by atoms with van der Waals surface area (Å²) >= 11 is 1.86. The molecular weight excluding hydrogens is 256 g/mol. The third-order valence-corrected chi connectivity index (χ3v) is 5.51. The van der Waals surface area contributed by atoms with Gasteiger partial charge in [0.05, 0.1) is 5.69 Å². The van der Waals surface area contributed by atoms with E-state index in [2.05, 4.69) is 19.2 Å². The maximum absolute atomic E-state index is 6.03. The Morgan fingerprint density at radius 2 is 2.26 bits per heavy atom. The van der Waals surface area contributed by atoms with Gasteiger partial charge >= 0.3 is 0 Å². The summed E-state index contributed by atoms with van der Waals surface area (Å²) in [4.78, 5) is 6.29. The summed E-state index contributed by atoms with van der Waals surface area (Å²) in [5.74, 6) is 0. The van der Waals surface area contributed by atoms with Crippen molar-refractivity contribution < 1.29 is 4.74 Å². The van der Waals surface area contributed by atoms with E-state index in [-0.39, 0.29) is 5.60 Å². The standard InChI is InChI=1S/C15H24N2OS/c1-3-12-13(10-16-11-6-7-11)19-14(17-12)15(2)8-4-5-9-18-15/h11,16H,3-10H2,1-2H3. The number of aromatic nitrogens is 1. The van der Waals surface area contributed by atoms with Gasteiger partial charge in [-0.15, -0.1) is 11.3 Å². The molecule has 0 radical (unpaired) electrons. The van der Waals surface area contributed by atoms with Gasteiger partial charge in [-0.25, -0.2) is 4.98 Å². The van der Waals surface area contributed by atoms with Crippen molar-refractivity contribution in [2.45, 2.75) is 70.6 Å². The van der Waals surface area contributed by atoms with Gasteiger partial charge in [0.2, 0.25) is 0 Å². The van der Waals surface area contributed by atoms with Gasteiger partial charge in [-0.3, -0.25) is 0 Å². The zero-order valence-electron chi connectivity index (χ0n) is 12.0. The third-order valence-electron chi connectivity index (χ3n) is 4.16. The van der Waals surface area contributed by atoms with Crippen molar-refractivity contribution in [1.82, 2.24) is 10.3 Å². The first kappa shape index (κ1) is 13.5. The fourth-order valence-electron chi connectivity index (χ4n) is 2.65. The normalized spacial score (nSPS) is 27.7. The second-order valence-corrected chi connectivity index (χ2v) is 7.02.